The minimum atomic E-state index is -3.28. The SMILES string of the molecule is COC(=O)C(CC(C)(F)F)c1ccc2[nH]c(C(NC(=O)OCc3ccccc3)C3CCC(F)(F)CC3)nc2c1F. The summed E-state index contributed by atoms with van der Waals surface area (Å²) in [4.78, 5) is 32.2. The van der Waals surface area contributed by atoms with E-state index in [0.717, 1.165) is 12.7 Å². The van der Waals surface area contributed by atoms with Gasteiger partial charge in [-0.2, -0.15) is 0 Å². The fourth-order valence-corrected chi connectivity index (χ4v) is 5.01. The van der Waals surface area contributed by atoms with Crippen LogP contribution in [0.25, 0.3) is 11.0 Å². The lowest BCUT2D eigenvalue weighted by Crippen LogP contribution is -2.38. The molecule has 2 aromatic carbocycles. The van der Waals surface area contributed by atoms with Crippen LogP contribution < -0.4 is 5.32 Å². The minimum absolute atomic E-state index is 0.0305. The molecular weight excluding hydrogens is 537 g/mol. The van der Waals surface area contributed by atoms with Crippen LogP contribution in [0.3, 0.4) is 0 Å². The monoisotopic (exact) mass is 567 g/mol. The maximum Gasteiger partial charge on any atom is 0.408 e. The first-order valence-corrected chi connectivity index (χ1v) is 12.9. The Morgan fingerprint density at radius 3 is 2.45 bits per heavy atom. The fourth-order valence-electron chi connectivity index (χ4n) is 5.01. The van der Waals surface area contributed by atoms with E-state index in [0.29, 0.717) is 6.92 Å². The van der Waals surface area contributed by atoms with Gasteiger partial charge in [-0.1, -0.05) is 36.4 Å². The van der Waals surface area contributed by atoms with Crippen molar-refractivity contribution in [3.05, 3.63) is 65.2 Å². The molecule has 7 nitrogen and oxygen atoms in total. The number of nitrogens with zero attached hydrogens (tertiary/aromatic N) is 1. The minimum Gasteiger partial charge on any atom is -0.469 e. The first-order chi connectivity index (χ1) is 18.9. The van der Waals surface area contributed by atoms with Gasteiger partial charge in [0.05, 0.1) is 24.6 Å². The normalized spacial score (nSPS) is 17.3. The molecule has 0 aliphatic heterocycles. The molecule has 3 aromatic rings. The summed E-state index contributed by atoms with van der Waals surface area (Å²) in [6.07, 6.45) is -2.44. The molecule has 0 spiro atoms. The van der Waals surface area contributed by atoms with E-state index in [9.17, 15) is 27.2 Å². The van der Waals surface area contributed by atoms with Crippen LogP contribution in [0.1, 0.15) is 67.9 Å². The Labute approximate surface area is 227 Å². The molecule has 12 heteroatoms. The zero-order valence-electron chi connectivity index (χ0n) is 22.0. The molecule has 1 amide bonds. The van der Waals surface area contributed by atoms with Crippen molar-refractivity contribution in [2.75, 3.05) is 7.11 Å². The summed E-state index contributed by atoms with van der Waals surface area (Å²) >= 11 is 0. The van der Waals surface area contributed by atoms with Crippen LogP contribution in [0.2, 0.25) is 0 Å². The van der Waals surface area contributed by atoms with Gasteiger partial charge in [0.1, 0.15) is 17.9 Å². The third-order valence-corrected chi connectivity index (χ3v) is 7.08. The maximum atomic E-state index is 15.6. The molecule has 1 aliphatic carbocycles. The van der Waals surface area contributed by atoms with Crippen LogP contribution in [-0.4, -0.2) is 41.0 Å². The fraction of sp³-hybridized carbons (Fsp3) is 0.464. The third kappa shape index (κ3) is 7.08. The van der Waals surface area contributed by atoms with Gasteiger partial charge in [0.25, 0.3) is 0 Å². The molecule has 40 heavy (non-hydrogen) atoms. The zero-order chi connectivity index (χ0) is 29.1. The highest BCUT2D eigenvalue weighted by atomic mass is 19.3. The first kappa shape index (κ1) is 29.3. The summed E-state index contributed by atoms with van der Waals surface area (Å²) in [5.41, 5.74) is 0.353. The van der Waals surface area contributed by atoms with Gasteiger partial charge in [-0.05, 0) is 37.3 Å². The van der Waals surface area contributed by atoms with Gasteiger partial charge in [0.2, 0.25) is 11.8 Å². The van der Waals surface area contributed by atoms with Gasteiger partial charge in [-0.25, -0.2) is 31.7 Å². The number of carbonyl (C=O) groups excluding carboxylic acids is 2. The second kappa shape index (κ2) is 11.8. The standard InChI is InChI=1S/C28H30F5N3O4/c1-27(30,31)14-19(25(37)39-2)18-8-9-20-23(21(18)29)35-24(34-20)22(17-10-12-28(32,33)13-11-17)36-26(38)40-15-16-6-4-3-5-7-16/h3-9,17,19,22H,10-15H2,1-2H3,(H,34,35)(H,36,38). The molecule has 0 radical (unpaired) electrons. The van der Waals surface area contributed by atoms with Crippen molar-refractivity contribution in [3.8, 4) is 0 Å². The van der Waals surface area contributed by atoms with Crippen LogP contribution in [-0.2, 0) is 20.9 Å². The van der Waals surface area contributed by atoms with Crippen molar-refractivity contribution in [1.29, 1.82) is 0 Å². The maximum absolute atomic E-state index is 15.6. The van der Waals surface area contributed by atoms with Gasteiger partial charge in [0.15, 0.2) is 5.82 Å². The molecule has 1 heterocycles. The Bertz CT molecular complexity index is 1330. The number of fused-ring (bicyclic) bond motifs is 1. The lowest BCUT2D eigenvalue weighted by molar-refractivity contribution is -0.145. The van der Waals surface area contributed by atoms with E-state index in [-0.39, 0.29) is 54.7 Å². The summed E-state index contributed by atoms with van der Waals surface area (Å²) in [6, 6.07) is 10.6. The molecule has 216 valence electrons. The molecule has 2 atom stereocenters. The van der Waals surface area contributed by atoms with E-state index in [4.69, 9.17) is 4.74 Å². The Morgan fingerprint density at radius 2 is 1.82 bits per heavy atom. The Balaban J connectivity index is 1.64. The van der Waals surface area contributed by atoms with E-state index in [2.05, 4.69) is 20.0 Å². The molecule has 4 rings (SSSR count). The predicted molar refractivity (Wildman–Crippen MR) is 135 cm³/mol. The highest BCUT2D eigenvalue weighted by Gasteiger charge is 2.40. The number of hydrogen-bond donors (Lipinski definition) is 2. The second-order valence-corrected chi connectivity index (χ2v) is 10.2. The summed E-state index contributed by atoms with van der Waals surface area (Å²) in [5.74, 6) is -10.1. The number of halogens is 5. The molecule has 1 fully saturated rings. The highest BCUT2D eigenvalue weighted by Crippen LogP contribution is 2.42. The number of imidazole rings is 1. The van der Waals surface area contributed by atoms with Crippen molar-refractivity contribution >= 4 is 23.1 Å². The number of amides is 1. The van der Waals surface area contributed by atoms with Gasteiger partial charge in [-0.3, -0.25) is 4.79 Å². The van der Waals surface area contributed by atoms with Crippen LogP contribution in [0, 0.1) is 11.7 Å². The molecule has 2 N–H and O–H groups in total. The number of rotatable bonds is 9. The van der Waals surface area contributed by atoms with Crippen molar-refractivity contribution in [1.82, 2.24) is 15.3 Å². The van der Waals surface area contributed by atoms with E-state index in [1.807, 2.05) is 6.07 Å². The van der Waals surface area contributed by atoms with Crippen LogP contribution in [0.5, 0.6) is 0 Å². The Hall–Kier alpha value is -3.70. The van der Waals surface area contributed by atoms with Gasteiger partial charge < -0.3 is 19.8 Å². The van der Waals surface area contributed by atoms with Crippen molar-refractivity contribution in [2.24, 2.45) is 5.92 Å². The molecule has 0 saturated heterocycles. The van der Waals surface area contributed by atoms with E-state index >= 15 is 4.39 Å². The van der Waals surface area contributed by atoms with Gasteiger partial charge in [-0.15, -0.1) is 0 Å². The van der Waals surface area contributed by atoms with Crippen LogP contribution in [0.15, 0.2) is 42.5 Å². The lowest BCUT2D eigenvalue weighted by atomic mass is 9.82. The number of esters is 1. The van der Waals surface area contributed by atoms with Crippen molar-refractivity contribution in [3.63, 3.8) is 0 Å². The number of ether oxygens (including phenoxy) is 2. The third-order valence-electron chi connectivity index (χ3n) is 7.08. The average molecular weight is 568 g/mol. The highest BCUT2D eigenvalue weighted by molar-refractivity contribution is 5.83. The largest absolute Gasteiger partial charge is 0.469 e. The zero-order valence-corrected chi connectivity index (χ0v) is 22.0. The van der Waals surface area contributed by atoms with Crippen molar-refractivity contribution < 1.29 is 41.0 Å². The molecule has 1 aliphatic rings. The summed E-state index contributed by atoms with van der Waals surface area (Å²) in [7, 11) is 1.02. The van der Waals surface area contributed by atoms with E-state index < -0.39 is 54.0 Å². The summed E-state index contributed by atoms with van der Waals surface area (Å²) in [5, 5.41) is 2.68. The average Bonchev–Trinajstić information content (AvgIpc) is 3.35. The van der Waals surface area contributed by atoms with E-state index in [1.165, 1.54) is 12.1 Å². The lowest BCUT2D eigenvalue weighted by Gasteiger charge is -2.33. The number of aromatic nitrogens is 2. The predicted octanol–water partition coefficient (Wildman–Crippen LogP) is 6.80. The van der Waals surface area contributed by atoms with Crippen LogP contribution in [0.4, 0.5) is 26.7 Å². The number of benzene rings is 2. The quantitative estimate of drug-likeness (QED) is 0.219. The Morgan fingerprint density at radius 1 is 1.15 bits per heavy atom. The van der Waals surface area contributed by atoms with Crippen molar-refractivity contribution in [2.45, 2.75) is 69.4 Å². The molecule has 1 saturated carbocycles. The van der Waals surface area contributed by atoms with E-state index in [1.54, 1.807) is 24.3 Å². The number of H-pyrrole nitrogens is 1. The molecule has 2 unspecified atom stereocenters. The molecule has 0 bridgehead atoms. The summed E-state index contributed by atoms with van der Waals surface area (Å²) < 4.78 is 81.0. The topological polar surface area (TPSA) is 93.3 Å². The number of alkyl halides is 4. The number of methoxy groups -OCH3 is 1. The first-order valence-electron chi connectivity index (χ1n) is 12.9. The Kier molecular flexibility index (Phi) is 8.65. The summed E-state index contributed by atoms with van der Waals surface area (Å²) in [6.45, 7) is 0.587. The second-order valence-electron chi connectivity index (χ2n) is 10.2. The van der Waals surface area contributed by atoms with Gasteiger partial charge in [0, 0.05) is 24.8 Å². The number of carbonyl (C=O) groups is 2. The molecular formula is C28H30F5N3O4. The number of aromatic amines is 1. The smallest absolute Gasteiger partial charge is 0.408 e. The number of hydrogen-bond acceptors (Lipinski definition) is 5. The van der Waals surface area contributed by atoms with Gasteiger partial charge >= 0.3 is 12.1 Å². The molecule has 1 aromatic heterocycles. The number of alkyl carbamates (subject to hydrolysis) is 1. The van der Waals surface area contributed by atoms with Crippen LogP contribution >= 0.6 is 0 Å². The number of nitrogens with one attached hydrogen (secondary N) is 2.